The molecule has 0 N–H and O–H groups in total. The van der Waals surface area contributed by atoms with Crippen LogP contribution in [0.4, 0.5) is 0 Å². The number of hydrogen-bond donors (Lipinski definition) is 0. The van der Waals surface area contributed by atoms with Crippen molar-refractivity contribution in [3.8, 4) is 0 Å². The molecule has 0 bridgehead atoms. The number of rotatable bonds is 0. The summed E-state index contributed by atoms with van der Waals surface area (Å²) >= 11 is 0. The van der Waals surface area contributed by atoms with E-state index >= 15 is 0 Å². The Labute approximate surface area is 45.6 Å². The zero-order valence-corrected chi connectivity index (χ0v) is 5.58. The van der Waals surface area contributed by atoms with Crippen molar-refractivity contribution < 1.29 is 0 Å². The van der Waals surface area contributed by atoms with Crippen LogP contribution in [0.3, 0.4) is 0 Å². The molecule has 1 aromatic heterocycles. The van der Waals surface area contributed by atoms with Gasteiger partial charge in [0, 0.05) is 0 Å². The van der Waals surface area contributed by atoms with Crippen LogP contribution in [0.5, 0.6) is 0 Å². The van der Waals surface area contributed by atoms with Crippen molar-refractivity contribution in [3.63, 3.8) is 0 Å². The first kappa shape index (κ1) is 4.93. The normalized spacial score (nSPS) is 10.6. The molecule has 1 atom stereocenters. The van der Waals surface area contributed by atoms with Gasteiger partial charge in [-0.2, -0.15) is 0 Å². The summed E-state index contributed by atoms with van der Waals surface area (Å²) in [7, 11) is 0.906. The van der Waals surface area contributed by atoms with Crippen molar-refractivity contribution in [1.29, 1.82) is 0 Å². The van der Waals surface area contributed by atoms with Crippen molar-refractivity contribution in [2.75, 3.05) is 0 Å². The molecule has 0 aromatic carbocycles. The second-order valence-electron chi connectivity index (χ2n) is 1.68. The van der Waals surface area contributed by atoms with Crippen molar-refractivity contribution in [3.05, 3.63) is 22.7 Å². The molecule has 1 heterocycles. The molecule has 7 heavy (non-hydrogen) atoms. The molecule has 0 amide bonds. The van der Waals surface area contributed by atoms with E-state index in [2.05, 4.69) is 25.7 Å². The standard InChI is InChI=1S/C6H8P/c1-5-3-4-7-6(5)2/h4,7H,1-2H3. The molecule has 1 aromatic rings. The second-order valence-corrected chi connectivity index (χ2v) is 3.01. The molecule has 1 heteroatoms. The molecule has 0 spiro atoms. The first-order valence-electron chi connectivity index (χ1n) is 2.33. The number of aryl methyl sites for hydroxylation is 2. The maximum absolute atomic E-state index is 3.14. The lowest BCUT2D eigenvalue weighted by Gasteiger charge is -1.80. The molecular formula is C6H8P. The van der Waals surface area contributed by atoms with Crippen molar-refractivity contribution in [2.24, 2.45) is 0 Å². The Morgan fingerprint density at radius 2 is 2.29 bits per heavy atom. The molecule has 37 valence electrons. The first-order chi connectivity index (χ1) is 3.30. The van der Waals surface area contributed by atoms with E-state index in [9.17, 15) is 0 Å². The maximum Gasteiger partial charge on any atom is -0.0106 e. The van der Waals surface area contributed by atoms with E-state index in [1.807, 2.05) is 0 Å². The Morgan fingerprint density at radius 1 is 1.57 bits per heavy atom. The molecular weight excluding hydrogens is 103 g/mol. The van der Waals surface area contributed by atoms with Gasteiger partial charge in [0.1, 0.15) is 0 Å². The van der Waals surface area contributed by atoms with E-state index in [0.717, 1.165) is 8.19 Å². The fourth-order valence-electron chi connectivity index (χ4n) is 0.469. The third-order valence-electron chi connectivity index (χ3n) is 1.14. The lowest BCUT2D eigenvalue weighted by molar-refractivity contribution is 1.44. The van der Waals surface area contributed by atoms with Gasteiger partial charge in [-0.25, -0.2) is 0 Å². The predicted molar refractivity (Wildman–Crippen MR) is 34.3 cm³/mol. The molecule has 0 aliphatic heterocycles. The van der Waals surface area contributed by atoms with Crippen molar-refractivity contribution in [1.82, 2.24) is 0 Å². The highest BCUT2D eigenvalue weighted by Crippen LogP contribution is 2.16. The summed E-state index contributed by atoms with van der Waals surface area (Å²) in [6.45, 7) is 4.26. The van der Waals surface area contributed by atoms with Gasteiger partial charge in [-0.1, -0.05) is 0 Å². The lowest BCUT2D eigenvalue weighted by Crippen LogP contribution is -1.61. The minimum Gasteiger partial charge on any atom is -0.136 e. The van der Waals surface area contributed by atoms with Crippen LogP contribution in [0.25, 0.3) is 0 Å². The van der Waals surface area contributed by atoms with Gasteiger partial charge < -0.3 is 0 Å². The van der Waals surface area contributed by atoms with Crippen molar-refractivity contribution >= 4 is 8.19 Å². The van der Waals surface area contributed by atoms with Crippen LogP contribution in [0.2, 0.25) is 0 Å². The highest BCUT2D eigenvalue weighted by molar-refractivity contribution is 7.30. The average Bonchev–Trinajstić information content (AvgIpc) is 1.91. The molecule has 0 aliphatic rings. The Bertz CT molecular complexity index is 136. The zero-order valence-electron chi connectivity index (χ0n) is 4.58. The lowest BCUT2D eigenvalue weighted by atomic mass is 10.3. The van der Waals surface area contributed by atoms with Gasteiger partial charge in [0.2, 0.25) is 0 Å². The van der Waals surface area contributed by atoms with Gasteiger partial charge in [0.05, 0.1) is 0 Å². The van der Waals surface area contributed by atoms with Crippen LogP contribution in [-0.4, -0.2) is 0 Å². The predicted octanol–water partition coefficient (Wildman–Crippen LogP) is 2.13. The fourth-order valence-corrected chi connectivity index (χ4v) is 1.26. The third-order valence-corrected chi connectivity index (χ3v) is 2.24. The summed E-state index contributed by atoms with van der Waals surface area (Å²) in [5, 5.41) is 1.49. The molecule has 0 fully saturated rings. The summed E-state index contributed by atoms with van der Waals surface area (Å²) in [6.07, 6.45) is 0. The molecule has 0 saturated carbocycles. The second kappa shape index (κ2) is 1.71. The topological polar surface area (TPSA) is 0 Å². The van der Waals surface area contributed by atoms with Crippen LogP contribution >= 0.6 is 8.19 Å². The smallest absolute Gasteiger partial charge is 0.0106 e. The molecule has 0 nitrogen and oxygen atoms in total. The average molecular weight is 111 g/mol. The Morgan fingerprint density at radius 3 is 2.43 bits per heavy atom. The van der Waals surface area contributed by atoms with E-state index < -0.39 is 0 Å². The molecule has 0 saturated heterocycles. The van der Waals surface area contributed by atoms with Crippen LogP contribution in [-0.2, 0) is 0 Å². The maximum atomic E-state index is 3.14. The molecule has 1 radical (unpaired) electrons. The molecule has 1 unspecified atom stereocenters. The van der Waals surface area contributed by atoms with Gasteiger partial charge >= 0.3 is 0 Å². The number of hydrogen-bond acceptors (Lipinski definition) is 0. The minimum absolute atomic E-state index is 0.906. The highest BCUT2D eigenvalue weighted by Gasteiger charge is 1.86. The van der Waals surface area contributed by atoms with Gasteiger partial charge in [-0.15, -0.1) is 8.19 Å². The van der Waals surface area contributed by atoms with Gasteiger partial charge in [0.15, 0.2) is 0 Å². The SMILES string of the molecule is Cc1[c]c[pH]c1C. The quantitative estimate of drug-likeness (QED) is 0.481. The van der Waals surface area contributed by atoms with E-state index in [4.69, 9.17) is 0 Å². The summed E-state index contributed by atoms with van der Waals surface area (Å²) in [4.78, 5) is 0. The van der Waals surface area contributed by atoms with Crippen LogP contribution < -0.4 is 0 Å². The highest BCUT2D eigenvalue weighted by atomic mass is 31.0. The summed E-state index contributed by atoms with van der Waals surface area (Å²) in [5.41, 5.74) is 1.33. The van der Waals surface area contributed by atoms with Gasteiger partial charge in [0.25, 0.3) is 0 Å². The van der Waals surface area contributed by atoms with E-state index in [1.54, 1.807) is 0 Å². The fraction of sp³-hybridized carbons (Fsp3) is 0.333. The summed E-state index contributed by atoms with van der Waals surface area (Å²) in [5.74, 6) is 2.10. The monoisotopic (exact) mass is 111 g/mol. The van der Waals surface area contributed by atoms with Crippen LogP contribution in [0.1, 0.15) is 10.9 Å². The van der Waals surface area contributed by atoms with Crippen molar-refractivity contribution in [2.45, 2.75) is 13.8 Å². The van der Waals surface area contributed by atoms with Gasteiger partial charge in [-0.05, 0) is 36.6 Å². The van der Waals surface area contributed by atoms with E-state index in [1.165, 1.54) is 10.9 Å². The Balaban J connectivity index is 3.12. The van der Waals surface area contributed by atoms with Gasteiger partial charge in [-0.3, -0.25) is 0 Å². The Kier molecular flexibility index (Phi) is 1.21. The third kappa shape index (κ3) is 0.863. The molecule has 0 aliphatic carbocycles. The molecule has 1 rings (SSSR count). The van der Waals surface area contributed by atoms with E-state index in [0.29, 0.717) is 0 Å². The van der Waals surface area contributed by atoms with Crippen LogP contribution in [0.15, 0.2) is 5.80 Å². The minimum atomic E-state index is 0.906. The Hall–Kier alpha value is -0.220. The first-order valence-corrected chi connectivity index (χ1v) is 3.40. The van der Waals surface area contributed by atoms with E-state index in [-0.39, 0.29) is 0 Å². The largest absolute Gasteiger partial charge is 0.136 e. The summed E-state index contributed by atoms with van der Waals surface area (Å²) in [6, 6.07) is 3.14. The van der Waals surface area contributed by atoms with Crippen LogP contribution in [0, 0.1) is 19.9 Å². The zero-order chi connectivity index (χ0) is 5.28. The summed E-state index contributed by atoms with van der Waals surface area (Å²) < 4.78 is 0.